The Bertz CT molecular complexity index is 1070. The highest BCUT2D eigenvalue weighted by atomic mass is 32.2. The zero-order valence-electron chi connectivity index (χ0n) is 15.8. The van der Waals surface area contributed by atoms with Gasteiger partial charge in [-0.05, 0) is 13.3 Å². The van der Waals surface area contributed by atoms with Gasteiger partial charge in [0.25, 0.3) is 0 Å². The maximum absolute atomic E-state index is 12.5. The van der Waals surface area contributed by atoms with E-state index in [1.807, 2.05) is 14.1 Å². The minimum atomic E-state index is -0.721. The topological polar surface area (TPSA) is 110 Å². The number of aromatic nitrogens is 5. The number of H-pyrrole nitrogens is 1. The Kier molecular flexibility index (Phi) is 5.64. The Labute approximate surface area is 159 Å². The van der Waals surface area contributed by atoms with Gasteiger partial charge in [-0.15, -0.1) is 0 Å². The van der Waals surface area contributed by atoms with Gasteiger partial charge in [0.15, 0.2) is 16.6 Å². The van der Waals surface area contributed by atoms with E-state index in [0.29, 0.717) is 33.6 Å². The van der Waals surface area contributed by atoms with Gasteiger partial charge < -0.3 is 14.4 Å². The van der Waals surface area contributed by atoms with Gasteiger partial charge in [-0.3, -0.25) is 14.2 Å². The number of fused-ring (bicyclic) bond motifs is 1. The third kappa shape index (κ3) is 4.05. The summed E-state index contributed by atoms with van der Waals surface area (Å²) in [6, 6.07) is 1.73. The summed E-state index contributed by atoms with van der Waals surface area (Å²) in [4.78, 5) is 38.3. The standard InChI is InChI=1S/C17H22N6O3S/c1-5-6-7-27-17-19-13(22(3)4)12-14(20-17)23(16(25)15(24)18-12)9-11-8-10(2)26-21-11/h8H,5-7,9H2,1-4H3,(H,18,24). The Balaban J connectivity index is 2.20. The lowest BCUT2D eigenvalue weighted by atomic mass is 10.3. The molecule has 0 saturated heterocycles. The van der Waals surface area contributed by atoms with E-state index < -0.39 is 11.1 Å². The number of unbranched alkanes of at least 4 members (excludes halogenated alkanes) is 1. The minimum Gasteiger partial charge on any atom is -0.361 e. The summed E-state index contributed by atoms with van der Waals surface area (Å²) in [6.07, 6.45) is 2.12. The third-order valence-electron chi connectivity index (χ3n) is 3.93. The van der Waals surface area contributed by atoms with Gasteiger partial charge in [0.05, 0.1) is 6.54 Å². The van der Waals surface area contributed by atoms with Gasteiger partial charge in [0, 0.05) is 25.9 Å². The summed E-state index contributed by atoms with van der Waals surface area (Å²) in [5.74, 6) is 2.07. The van der Waals surface area contributed by atoms with Crippen molar-refractivity contribution >= 4 is 28.7 Å². The van der Waals surface area contributed by atoms with Crippen molar-refractivity contribution < 1.29 is 4.52 Å². The molecule has 1 N–H and O–H groups in total. The van der Waals surface area contributed by atoms with E-state index in [9.17, 15) is 9.59 Å². The molecule has 0 radical (unpaired) electrons. The molecule has 9 nitrogen and oxygen atoms in total. The summed E-state index contributed by atoms with van der Waals surface area (Å²) in [5.41, 5.74) is -0.0637. The molecule has 3 rings (SSSR count). The summed E-state index contributed by atoms with van der Waals surface area (Å²) in [5, 5.41) is 4.49. The van der Waals surface area contributed by atoms with Crippen LogP contribution in [0.25, 0.3) is 11.2 Å². The van der Waals surface area contributed by atoms with E-state index in [1.165, 1.54) is 16.3 Å². The molecule has 0 aliphatic heterocycles. The van der Waals surface area contributed by atoms with Crippen LogP contribution in [0.1, 0.15) is 31.2 Å². The second-order valence-corrected chi connectivity index (χ2v) is 7.46. The number of aryl methyl sites for hydroxylation is 1. The van der Waals surface area contributed by atoms with Crippen molar-refractivity contribution in [2.75, 3.05) is 24.7 Å². The number of hydrogen-bond donors (Lipinski definition) is 1. The molecule has 0 atom stereocenters. The molecule has 0 unspecified atom stereocenters. The van der Waals surface area contributed by atoms with Crippen LogP contribution in [-0.2, 0) is 6.54 Å². The van der Waals surface area contributed by atoms with Crippen LogP contribution in [-0.4, -0.2) is 44.5 Å². The fourth-order valence-corrected chi connectivity index (χ4v) is 3.53. The minimum absolute atomic E-state index is 0.0968. The van der Waals surface area contributed by atoms with Gasteiger partial charge in [-0.25, -0.2) is 9.97 Å². The molecule has 0 aliphatic carbocycles. The first kappa shape index (κ1) is 19.2. The largest absolute Gasteiger partial charge is 0.361 e. The van der Waals surface area contributed by atoms with Crippen LogP contribution in [0.3, 0.4) is 0 Å². The quantitative estimate of drug-likeness (QED) is 0.281. The maximum Gasteiger partial charge on any atom is 0.318 e. The SMILES string of the molecule is CCCCSc1nc(N(C)C)c2[nH]c(=O)c(=O)n(Cc3cc(C)on3)c2n1. The number of thioether (sulfide) groups is 1. The number of nitrogens with zero attached hydrogens (tertiary/aromatic N) is 5. The van der Waals surface area contributed by atoms with E-state index in [4.69, 9.17) is 4.52 Å². The number of rotatable bonds is 7. The fourth-order valence-electron chi connectivity index (χ4n) is 2.61. The van der Waals surface area contributed by atoms with Crippen molar-refractivity contribution in [1.29, 1.82) is 0 Å². The van der Waals surface area contributed by atoms with Gasteiger partial charge in [0.1, 0.15) is 17.0 Å². The average Bonchev–Trinajstić information content (AvgIpc) is 3.04. The Morgan fingerprint density at radius 2 is 2.07 bits per heavy atom. The first-order valence-corrected chi connectivity index (χ1v) is 9.66. The lowest BCUT2D eigenvalue weighted by molar-refractivity contribution is 0.389. The summed E-state index contributed by atoms with van der Waals surface area (Å²) in [7, 11) is 3.66. The van der Waals surface area contributed by atoms with Crippen molar-refractivity contribution in [2.45, 2.75) is 38.4 Å². The van der Waals surface area contributed by atoms with E-state index in [2.05, 4.69) is 27.0 Å². The smallest absolute Gasteiger partial charge is 0.318 e. The molecule has 3 heterocycles. The van der Waals surface area contributed by atoms with Gasteiger partial charge in [-0.2, -0.15) is 0 Å². The van der Waals surface area contributed by atoms with Gasteiger partial charge >= 0.3 is 11.1 Å². The molecule has 0 fully saturated rings. The lowest BCUT2D eigenvalue weighted by Gasteiger charge is -2.16. The lowest BCUT2D eigenvalue weighted by Crippen LogP contribution is -2.37. The summed E-state index contributed by atoms with van der Waals surface area (Å²) < 4.78 is 6.40. The molecule has 0 aliphatic rings. The maximum atomic E-state index is 12.5. The Morgan fingerprint density at radius 1 is 1.30 bits per heavy atom. The molecule has 10 heteroatoms. The second kappa shape index (κ2) is 7.95. The molecule has 3 aromatic heterocycles. The monoisotopic (exact) mass is 390 g/mol. The average molecular weight is 390 g/mol. The zero-order chi connectivity index (χ0) is 19.6. The molecule has 0 bridgehead atoms. The van der Waals surface area contributed by atoms with Crippen LogP contribution in [0.5, 0.6) is 0 Å². The van der Waals surface area contributed by atoms with E-state index in [-0.39, 0.29) is 6.54 Å². The van der Waals surface area contributed by atoms with Crippen molar-refractivity contribution in [3.05, 3.63) is 38.2 Å². The Morgan fingerprint density at radius 3 is 2.70 bits per heavy atom. The van der Waals surface area contributed by atoms with E-state index >= 15 is 0 Å². The number of anilines is 1. The molecule has 0 aromatic carbocycles. The van der Waals surface area contributed by atoms with Crippen LogP contribution in [0.15, 0.2) is 25.3 Å². The predicted octanol–water partition coefficient (Wildman–Crippen LogP) is 1.78. The molecule has 0 spiro atoms. The molecule has 0 amide bonds. The molecule has 27 heavy (non-hydrogen) atoms. The van der Waals surface area contributed by atoms with Crippen molar-refractivity contribution in [3.8, 4) is 0 Å². The number of hydrogen-bond acceptors (Lipinski definition) is 8. The molecular formula is C17H22N6O3S. The van der Waals surface area contributed by atoms with Crippen LogP contribution < -0.4 is 16.0 Å². The predicted molar refractivity (Wildman–Crippen MR) is 105 cm³/mol. The number of nitrogens with one attached hydrogen (secondary N) is 1. The molecule has 3 aromatic rings. The molecule has 0 saturated carbocycles. The summed E-state index contributed by atoms with van der Waals surface area (Å²) >= 11 is 1.53. The highest BCUT2D eigenvalue weighted by molar-refractivity contribution is 7.99. The van der Waals surface area contributed by atoms with Crippen LogP contribution in [0, 0.1) is 6.92 Å². The number of aromatic amines is 1. The first-order valence-electron chi connectivity index (χ1n) is 8.68. The van der Waals surface area contributed by atoms with Crippen molar-refractivity contribution in [2.24, 2.45) is 0 Å². The van der Waals surface area contributed by atoms with E-state index in [0.717, 1.165) is 18.6 Å². The van der Waals surface area contributed by atoms with Gasteiger partial charge in [0.2, 0.25) is 0 Å². The summed E-state index contributed by atoms with van der Waals surface area (Å²) in [6.45, 7) is 3.98. The van der Waals surface area contributed by atoms with Gasteiger partial charge in [-0.1, -0.05) is 30.3 Å². The third-order valence-corrected chi connectivity index (χ3v) is 4.87. The molecular weight excluding hydrogens is 368 g/mol. The van der Waals surface area contributed by atoms with Crippen LogP contribution in [0.4, 0.5) is 5.82 Å². The second-order valence-electron chi connectivity index (χ2n) is 6.40. The van der Waals surface area contributed by atoms with Crippen LogP contribution >= 0.6 is 11.8 Å². The zero-order valence-corrected chi connectivity index (χ0v) is 16.6. The first-order chi connectivity index (χ1) is 12.9. The highest BCUT2D eigenvalue weighted by Crippen LogP contribution is 2.24. The van der Waals surface area contributed by atoms with Crippen molar-refractivity contribution in [3.63, 3.8) is 0 Å². The highest BCUT2D eigenvalue weighted by Gasteiger charge is 2.18. The molecule has 144 valence electrons. The normalized spacial score (nSPS) is 11.3. The van der Waals surface area contributed by atoms with E-state index in [1.54, 1.807) is 17.9 Å². The fraction of sp³-hybridized carbons (Fsp3) is 0.471. The Hall–Kier alpha value is -2.62. The van der Waals surface area contributed by atoms with Crippen molar-refractivity contribution in [1.82, 2.24) is 24.7 Å². The van der Waals surface area contributed by atoms with Crippen LogP contribution in [0.2, 0.25) is 0 Å².